The lowest BCUT2D eigenvalue weighted by Crippen LogP contribution is -2.09. The van der Waals surface area contributed by atoms with E-state index in [9.17, 15) is 4.79 Å². The van der Waals surface area contributed by atoms with Gasteiger partial charge in [0.2, 0.25) is 0 Å². The van der Waals surface area contributed by atoms with Crippen LogP contribution in [0, 0.1) is 0 Å². The second kappa shape index (κ2) is 3.01. The summed E-state index contributed by atoms with van der Waals surface area (Å²) in [7, 11) is 0. The predicted octanol–water partition coefficient (Wildman–Crippen LogP) is 2.06. The van der Waals surface area contributed by atoms with Crippen molar-refractivity contribution >= 4 is 23.3 Å². The van der Waals surface area contributed by atoms with Gasteiger partial charge in [0.15, 0.2) is 5.78 Å². The Kier molecular flexibility index (Phi) is 2.25. The number of ketones is 1. The van der Waals surface area contributed by atoms with Gasteiger partial charge in [0.25, 0.3) is 0 Å². The molecule has 1 rings (SSSR count). The van der Waals surface area contributed by atoms with Gasteiger partial charge < -0.3 is 0 Å². The van der Waals surface area contributed by atoms with Crippen LogP contribution < -0.4 is 0 Å². The topological polar surface area (TPSA) is 29.4 Å². The number of hydrogen-bond acceptors (Lipinski definition) is 2. The molecule has 0 saturated heterocycles. The third-order valence-electron chi connectivity index (χ3n) is 1.54. The Morgan fingerprint density at radius 2 is 1.73 bits per heavy atom. The van der Waals surface area contributed by atoms with Crippen LogP contribution >= 0.6 is 11.8 Å². The minimum atomic E-state index is 0.0640. The SMILES string of the molecule is CC1=CC(=NCl)C=C(C)C1=O. The highest BCUT2D eigenvalue weighted by Gasteiger charge is 2.12. The Balaban J connectivity index is 3.07. The maximum Gasteiger partial charge on any atom is 0.184 e. The Hall–Kier alpha value is -0.890. The first kappa shape index (κ1) is 8.21. The molecule has 0 aliphatic heterocycles. The number of nitrogens with zero attached hydrogens (tertiary/aromatic N) is 1. The number of allylic oxidation sites excluding steroid dienone is 4. The highest BCUT2D eigenvalue weighted by Crippen LogP contribution is 2.12. The molecule has 0 atom stereocenters. The standard InChI is InChI=1S/C8H8ClNO/c1-5-3-7(10-9)4-6(2)8(5)11/h3-4H,1-2H3. The van der Waals surface area contributed by atoms with Crippen molar-refractivity contribution in [2.45, 2.75) is 13.8 Å². The highest BCUT2D eigenvalue weighted by atomic mass is 35.5. The summed E-state index contributed by atoms with van der Waals surface area (Å²) in [6.07, 6.45) is 3.34. The van der Waals surface area contributed by atoms with Crippen LogP contribution in [0.25, 0.3) is 0 Å². The van der Waals surface area contributed by atoms with E-state index in [1.165, 1.54) is 0 Å². The molecule has 0 fully saturated rings. The second-order valence-corrected chi connectivity index (χ2v) is 2.66. The van der Waals surface area contributed by atoms with Crippen LogP contribution in [0.2, 0.25) is 0 Å². The van der Waals surface area contributed by atoms with Gasteiger partial charge in [0, 0.05) is 11.8 Å². The molecule has 0 unspecified atom stereocenters. The predicted molar refractivity (Wildman–Crippen MR) is 45.8 cm³/mol. The first-order chi connectivity index (χ1) is 5.15. The van der Waals surface area contributed by atoms with E-state index in [2.05, 4.69) is 4.51 Å². The van der Waals surface area contributed by atoms with Gasteiger partial charge in [-0.25, -0.2) is 0 Å². The Bertz CT molecular complexity index is 262. The van der Waals surface area contributed by atoms with Gasteiger partial charge in [-0.2, -0.15) is 4.51 Å². The molecular formula is C8H8ClNO. The van der Waals surface area contributed by atoms with Crippen molar-refractivity contribution in [3.63, 3.8) is 0 Å². The van der Waals surface area contributed by atoms with E-state index < -0.39 is 0 Å². The molecule has 58 valence electrons. The molecule has 0 bridgehead atoms. The monoisotopic (exact) mass is 169 g/mol. The van der Waals surface area contributed by atoms with E-state index in [1.807, 2.05) is 0 Å². The van der Waals surface area contributed by atoms with Crippen LogP contribution in [0.3, 0.4) is 0 Å². The van der Waals surface area contributed by atoms with Crippen molar-refractivity contribution in [2.75, 3.05) is 0 Å². The second-order valence-electron chi connectivity index (χ2n) is 2.49. The fourth-order valence-electron chi connectivity index (χ4n) is 0.976. The lowest BCUT2D eigenvalue weighted by atomic mass is 9.98. The van der Waals surface area contributed by atoms with Gasteiger partial charge in [-0.15, -0.1) is 0 Å². The fourth-order valence-corrected chi connectivity index (χ4v) is 1.07. The number of carbonyl (C=O) groups is 1. The third kappa shape index (κ3) is 1.57. The molecule has 3 heteroatoms. The van der Waals surface area contributed by atoms with Crippen LogP contribution in [-0.4, -0.2) is 11.5 Å². The molecule has 0 spiro atoms. The van der Waals surface area contributed by atoms with Crippen molar-refractivity contribution in [3.05, 3.63) is 23.3 Å². The molecule has 0 aromatic carbocycles. The average molecular weight is 170 g/mol. The van der Waals surface area contributed by atoms with Gasteiger partial charge in [0.1, 0.15) is 0 Å². The maximum absolute atomic E-state index is 11.2. The summed E-state index contributed by atoms with van der Waals surface area (Å²) in [5.74, 6) is 0.0640. The van der Waals surface area contributed by atoms with Crippen LogP contribution in [0.5, 0.6) is 0 Å². The smallest absolute Gasteiger partial charge is 0.184 e. The lowest BCUT2D eigenvalue weighted by molar-refractivity contribution is -0.112. The zero-order valence-corrected chi connectivity index (χ0v) is 7.14. The van der Waals surface area contributed by atoms with Crippen LogP contribution in [0.4, 0.5) is 0 Å². The summed E-state index contributed by atoms with van der Waals surface area (Å²) < 4.78 is 3.47. The summed E-state index contributed by atoms with van der Waals surface area (Å²) in [5, 5.41) is 0. The summed E-state index contributed by atoms with van der Waals surface area (Å²) in [5.41, 5.74) is 2.01. The zero-order valence-electron chi connectivity index (χ0n) is 6.39. The Morgan fingerprint density at radius 1 is 1.27 bits per heavy atom. The average Bonchev–Trinajstić information content (AvgIpc) is 1.99. The van der Waals surface area contributed by atoms with E-state index in [0.29, 0.717) is 16.9 Å². The van der Waals surface area contributed by atoms with E-state index in [4.69, 9.17) is 11.8 Å². The lowest BCUT2D eigenvalue weighted by Gasteiger charge is -2.06. The van der Waals surface area contributed by atoms with Crippen molar-refractivity contribution < 1.29 is 4.79 Å². The van der Waals surface area contributed by atoms with Crippen LogP contribution in [0.1, 0.15) is 13.8 Å². The normalized spacial score (nSPS) is 17.7. The minimum Gasteiger partial charge on any atom is -0.289 e. The summed E-state index contributed by atoms with van der Waals surface area (Å²) in [6.45, 7) is 3.50. The number of carbonyl (C=O) groups excluding carboxylic acids is 1. The van der Waals surface area contributed by atoms with Gasteiger partial charge in [-0.1, -0.05) is 0 Å². The summed E-state index contributed by atoms with van der Waals surface area (Å²) in [6, 6.07) is 0. The Morgan fingerprint density at radius 3 is 2.09 bits per heavy atom. The summed E-state index contributed by atoms with van der Waals surface area (Å²) >= 11 is 5.25. The van der Waals surface area contributed by atoms with Gasteiger partial charge in [0.05, 0.1) is 5.71 Å². The number of halogens is 1. The molecule has 1 aliphatic carbocycles. The molecular weight excluding hydrogens is 162 g/mol. The molecule has 0 heterocycles. The van der Waals surface area contributed by atoms with Gasteiger partial charge in [-0.05, 0) is 37.1 Å². The highest BCUT2D eigenvalue weighted by molar-refractivity contribution is 6.28. The first-order valence-electron chi connectivity index (χ1n) is 3.25. The molecule has 0 saturated carbocycles. The number of rotatable bonds is 0. The molecule has 0 amide bonds. The number of hydrogen-bond donors (Lipinski definition) is 0. The van der Waals surface area contributed by atoms with E-state index >= 15 is 0 Å². The quantitative estimate of drug-likeness (QED) is 0.511. The largest absolute Gasteiger partial charge is 0.289 e. The molecule has 0 N–H and O–H groups in total. The molecule has 1 aliphatic rings. The summed E-state index contributed by atoms with van der Waals surface area (Å²) in [4.78, 5) is 11.2. The van der Waals surface area contributed by atoms with Crippen molar-refractivity contribution in [3.8, 4) is 0 Å². The van der Waals surface area contributed by atoms with E-state index in [-0.39, 0.29) is 5.78 Å². The minimum absolute atomic E-state index is 0.0640. The van der Waals surface area contributed by atoms with Crippen LogP contribution in [-0.2, 0) is 4.79 Å². The van der Waals surface area contributed by atoms with E-state index in [1.54, 1.807) is 26.0 Å². The molecule has 0 aromatic rings. The molecule has 0 radical (unpaired) electrons. The van der Waals surface area contributed by atoms with Crippen molar-refractivity contribution in [1.82, 2.24) is 0 Å². The van der Waals surface area contributed by atoms with Crippen LogP contribution in [0.15, 0.2) is 27.8 Å². The first-order valence-corrected chi connectivity index (χ1v) is 3.59. The molecule has 2 nitrogen and oxygen atoms in total. The van der Waals surface area contributed by atoms with Crippen molar-refractivity contribution in [1.29, 1.82) is 0 Å². The van der Waals surface area contributed by atoms with Gasteiger partial charge in [-0.3, -0.25) is 4.79 Å². The van der Waals surface area contributed by atoms with Crippen molar-refractivity contribution in [2.24, 2.45) is 4.51 Å². The van der Waals surface area contributed by atoms with Gasteiger partial charge >= 0.3 is 0 Å². The number of Topliss-reactive ketones (excluding diaryl/α,β-unsaturated/α-hetero) is 1. The van der Waals surface area contributed by atoms with E-state index in [0.717, 1.165) is 0 Å². The molecule has 11 heavy (non-hydrogen) atoms. The fraction of sp³-hybridized carbons (Fsp3) is 0.250. The maximum atomic E-state index is 11.2. The Labute approximate surface area is 70.4 Å². The zero-order chi connectivity index (χ0) is 8.43. The molecule has 0 aromatic heterocycles. The third-order valence-corrected chi connectivity index (χ3v) is 1.74.